The van der Waals surface area contributed by atoms with Crippen molar-refractivity contribution in [3.05, 3.63) is 107 Å². The first-order chi connectivity index (χ1) is 17.7. The Kier molecular flexibility index (Phi) is 6.33. The van der Waals surface area contributed by atoms with Crippen molar-refractivity contribution in [3.63, 3.8) is 0 Å². The number of amides is 1. The minimum Gasteiger partial charge on any atom is -0.493 e. The van der Waals surface area contributed by atoms with E-state index in [2.05, 4.69) is 16.6 Å². The number of hydrogen-bond acceptors (Lipinski definition) is 6. The summed E-state index contributed by atoms with van der Waals surface area (Å²) in [7, 11) is 1.54. The zero-order valence-electron chi connectivity index (χ0n) is 19.4. The lowest BCUT2D eigenvalue weighted by Crippen LogP contribution is -2.16. The van der Waals surface area contributed by atoms with Crippen molar-refractivity contribution >= 4 is 33.9 Å². The van der Waals surface area contributed by atoms with Crippen LogP contribution in [0.5, 0.6) is 11.5 Å². The number of nitrogens with one attached hydrogen (secondary N) is 1. The number of methoxy groups -OCH3 is 1. The molecule has 5 rings (SSSR count). The molecule has 7 heteroatoms. The fraction of sp³-hybridized carbons (Fsp3) is 0.0690. The Balaban J connectivity index is 1.27. The first-order valence-electron chi connectivity index (χ1n) is 11.2. The standard InChI is InChI=1S/C29H21N3O4/c1-34-27-14-19(10-12-26(27)35-18-22-8-3-2-7-21(22)16-30)17-31-32-29(33)28-15-24-23-9-5-4-6-20(23)11-13-25(24)36-28/h2-15,17H,18H2,1H3,(H,32,33)/b31-17+. The van der Waals surface area contributed by atoms with Gasteiger partial charge in [-0.25, -0.2) is 5.43 Å². The summed E-state index contributed by atoms with van der Waals surface area (Å²) < 4.78 is 17.0. The minimum absolute atomic E-state index is 0.178. The van der Waals surface area contributed by atoms with E-state index in [9.17, 15) is 10.1 Å². The lowest BCUT2D eigenvalue weighted by Gasteiger charge is -2.12. The Bertz CT molecular complexity index is 1650. The molecule has 0 fully saturated rings. The quantitative estimate of drug-likeness (QED) is 0.237. The molecule has 0 aliphatic heterocycles. The van der Waals surface area contributed by atoms with Crippen LogP contribution in [0.15, 0.2) is 94.4 Å². The lowest BCUT2D eigenvalue weighted by molar-refractivity contribution is 0.0929. The molecule has 36 heavy (non-hydrogen) atoms. The highest BCUT2D eigenvalue weighted by Crippen LogP contribution is 2.29. The molecule has 4 aromatic carbocycles. The molecule has 0 unspecified atom stereocenters. The van der Waals surface area contributed by atoms with Gasteiger partial charge in [0.1, 0.15) is 12.2 Å². The predicted octanol–water partition coefficient (Wildman–Crippen LogP) is 5.81. The number of hydrazone groups is 1. The van der Waals surface area contributed by atoms with Crippen LogP contribution in [0.4, 0.5) is 0 Å². The molecular formula is C29H21N3O4. The molecule has 1 amide bonds. The number of benzene rings is 4. The van der Waals surface area contributed by atoms with E-state index in [0.29, 0.717) is 28.2 Å². The van der Waals surface area contributed by atoms with E-state index in [4.69, 9.17) is 13.9 Å². The molecule has 0 saturated carbocycles. The fourth-order valence-corrected chi connectivity index (χ4v) is 3.92. The summed E-state index contributed by atoms with van der Waals surface area (Å²) in [6, 6.07) is 28.2. The Labute approximate surface area is 207 Å². The zero-order chi connectivity index (χ0) is 24.9. The van der Waals surface area contributed by atoms with Gasteiger partial charge in [-0.15, -0.1) is 0 Å². The number of nitriles is 1. The van der Waals surface area contributed by atoms with Crippen LogP contribution in [0.25, 0.3) is 21.7 Å². The SMILES string of the molecule is COc1cc(/C=N/NC(=O)c2cc3c(ccc4ccccc43)o2)ccc1OCc1ccccc1C#N. The molecule has 0 bridgehead atoms. The maximum absolute atomic E-state index is 12.6. The maximum atomic E-state index is 12.6. The summed E-state index contributed by atoms with van der Waals surface area (Å²) in [4.78, 5) is 12.6. The van der Waals surface area contributed by atoms with E-state index in [-0.39, 0.29) is 12.4 Å². The number of fused-ring (bicyclic) bond motifs is 3. The first kappa shape index (κ1) is 22.7. The number of ether oxygens (including phenoxy) is 2. The van der Waals surface area contributed by atoms with Gasteiger partial charge in [-0.1, -0.05) is 48.5 Å². The molecular weight excluding hydrogens is 454 g/mol. The van der Waals surface area contributed by atoms with Crippen molar-refractivity contribution in [2.24, 2.45) is 5.10 Å². The highest BCUT2D eigenvalue weighted by atomic mass is 16.5. The monoisotopic (exact) mass is 475 g/mol. The van der Waals surface area contributed by atoms with E-state index in [0.717, 1.165) is 21.7 Å². The summed E-state index contributed by atoms with van der Waals surface area (Å²) in [5.41, 5.74) is 5.19. The van der Waals surface area contributed by atoms with Crippen LogP contribution in [-0.2, 0) is 6.61 Å². The Morgan fingerprint density at radius 1 is 1.00 bits per heavy atom. The zero-order valence-corrected chi connectivity index (χ0v) is 19.4. The van der Waals surface area contributed by atoms with E-state index in [1.54, 1.807) is 37.4 Å². The lowest BCUT2D eigenvalue weighted by atomic mass is 10.1. The molecule has 5 aromatic rings. The van der Waals surface area contributed by atoms with Gasteiger partial charge in [0.25, 0.3) is 0 Å². The smallest absolute Gasteiger partial charge is 0.307 e. The van der Waals surface area contributed by atoms with Gasteiger partial charge in [0, 0.05) is 10.9 Å². The highest BCUT2D eigenvalue weighted by Gasteiger charge is 2.13. The van der Waals surface area contributed by atoms with E-state index in [1.165, 1.54) is 6.21 Å². The number of rotatable bonds is 7. The van der Waals surface area contributed by atoms with Gasteiger partial charge in [0.05, 0.1) is 25.0 Å². The molecule has 0 aliphatic carbocycles. The third-order valence-electron chi connectivity index (χ3n) is 5.74. The highest BCUT2D eigenvalue weighted by molar-refractivity contribution is 6.08. The average molecular weight is 476 g/mol. The summed E-state index contributed by atoms with van der Waals surface area (Å²) in [6.45, 7) is 0.233. The molecule has 1 aromatic heterocycles. The summed E-state index contributed by atoms with van der Waals surface area (Å²) in [5, 5.41) is 16.3. The number of furan rings is 1. The first-order valence-corrected chi connectivity index (χ1v) is 11.2. The Morgan fingerprint density at radius 2 is 1.83 bits per heavy atom. The van der Waals surface area contributed by atoms with Gasteiger partial charge in [0.2, 0.25) is 0 Å². The minimum atomic E-state index is -0.449. The van der Waals surface area contributed by atoms with Crippen molar-refractivity contribution in [1.29, 1.82) is 5.26 Å². The molecule has 0 atom stereocenters. The number of nitrogens with zero attached hydrogens (tertiary/aromatic N) is 2. The summed E-state index contributed by atoms with van der Waals surface area (Å²) in [6.07, 6.45) is 1.51. The van der Waals surface area contributed by atoms with E-state index in [1.807, 2.05) is 54.6 Å². The predicted molar refractivity (Wildman–Crippen MR) is 137 cm³/mol. The normalized spacial score (nSPS) is 11.0. The van der Waals surface area contributed by atoms with E-state index < -0.39 is 5.91 Å². The van der Waals surface area contributed by atoms with Crippen molar-refractivity contribution in [2.75, 3.05) is 7.11 Å². The molecule has 0 saturated heterocycles. The van der Waals surface area contributed by atoms with Crippen molar-refractivity contribution in [1.82, 2.24) is 5.43 Å². The number of hydrogen-bond donors (Lipinski definition) is 1. The summed E-state index contributed by atoms with van der Waals surface area (Å²) in [5.74, 6) is 0.761. The largest absolute Gasteiger partial charge is 0.493 e. The second-order valence-electron chi connectivity index (χ2n) is 7.98. The second-order valence-corrected chi connectivity index (χ2v) is 7.98. The molecule has 1 heterocycles. The van der Waals surface area contributed by atoms with Gasteiger partial charge in [-0.2, -0.15) is 10.4 Å². The third kappa shape index (κ3) is 4.61. The Morgan fingerprint density at radius 3 is 2.69 bits per heavy atom. The van der Waals surface area contributed by atoms with Gasteiger partial charge in [-0.05, 0) is 52.7 Å². The van der Waals surface area contributed by atoms with Crippen LogP contribution in [0.2, 0.25) is 0 Å². The van der Waals surface area contributed by atoms with Crippen molar-refractivity contribution in [3.8, 4) is 17.6 Å². The van der Waals surface area contributed by atoms with Gasteiger partial charge in [0.15, 0.2) is 17.3 Å². The van der Waals surface area contributed by atoms with Gasteiger partial charge >= 0.3 is 5.91 Å². The number of carbonyl (C=O) groups is 1. The molecule has 1 N–H and O–H groups in total. The average Bonchev–Trinajstić information content (AvgIpc) is 3.37. The van der Waals surface area contributed by atoms with E-state index >= 15 is 0 Å². The van der Waals surface area contributed by atoms with Crippen LogP contribution in [-0.4, -0.2) is 19.2 Å². The Hall–Kier alpha value is -5.09. The van der Waals surface area contributed by atoms with Crippen LogP contribution >= 0.6 is 0 Å². The second kappa shape index (κ2) is 10.0. The van der Waals surface area contributed by atoms with Crippen molar-refractivity contribution in [2.45, 2.75) is 6.61 Å². The topological polar surface area (TPSA) is 96.8 Å². The summed E-state index contributed by atoms with van der Waals surface area (Å²) >= 11 is 0. The maximum Gasteiger partial charge on any atom is 0.307 e. The van der Waals surface area contributed by atoms with Crippen molar-refractivity contribution < 1.29 is 18.7 Å². The number of carbonyl (C=O) groups excluding carboxylic acids is 1. The van der Waals surface area contributed by atoms with Crippen LogP contribution < -0.4 is 14.9 Å². The fourth-order valence-electron chi connectivity index (χ4n) is 3.92. The van der Waals surface area contributed by atoms with Gasteiger partial charge < -0.3 is 13.9 Å². The molecule has 0 spiro atoms. The molecule has 0 aliphatic rings. The molecule has 7 nitrogen and oxygen atoms in total. The van der Waals surface area contributed by atoms with Crippen LogP contribution in [0.3, 0.4) is 0 Å². The third-order valence-corrected chi connectivity index (χ3v) is 5.74. The van der Waals surface area contributed by atoms with Gasteiger partial charge in [-0.3, -0.25) is 4.79 Å². The van der Waals surface area contributed by atoms with Crippen LogP contribution in [0.1, 0.15) is 27.2 Å². The van der Waals surface area contributed by atoms with Crippen LogP contribution in [0, 0.1) is 11.3 Å². The molecule has 0 radical (unpaired) electrons. The molecule has 176 valence electrons.